The molecule has 1 aromatic heterocycles. The molecule has 0 bridgehead atoms. The highest BCUT2D eigenvalue weighted by Gasteiger charge is 2.20. The Balaban J connectivity index is 1.53. The Hall–Kier alpha value is -2.75. The molecule has 3 aromatic rings. The maximum Gasteiger partial charge on any atom is 0.142 e. The number of nitrogens with one attached hydrogen (secondary N) is 1. The Morgan fingerprint density at radius 1 is 1.04 bits per heavy atom. The summed E-state index contributed by atoms with van der Waals surface area (Å²) in [6, 6.07) is 16.3. The summed E-state index contributed by atoms with van der Waals surface area (Å²) >= 11 is 0. The van der Waals surface area contributed by atoms with Crippen LogP contribution in [0.3, 0.4) is 0 Å². The van der Waals surface area contributed by atoms with Crippen molar-refractivity contribution in [2.45, 2.75) is 25.9 Å². The lowest BCUT2D eigenvalue weighted by atomic mass is 9.94. The van der Waals surface area contributed by atoms with Crippen molar-refractivity contribution in [1.29, 1.82) is 0 Å². The Morgan fingerprint density at radius 3 is 2.71 bits per heavy atom. The molecule has 0 unspecified atom stereocenters. The fourth-order valence-corrected chi connectivity index (χ4v) is 3.26. The zero-order valence-corrected chi connectivity index (χ0v) is 13.7. The van der Waals surface area contributed by atoms with Gasteiger partial charge in [-0.25, -0.2) is 0 Å². The van der Waals surface area contributed by atoms with Crippen molar-refractivity contribution in [2.24, 2.45) is 5.16 Å². The second kappa shape index (κ2) is 6.40. The first-order valence-electron chi connectivity index (χ1n) is 8.27. The Kier molecular flexibility index (Phi) is 3.95. The fourth-order valence-electron chi connectivity index (χ4n) is 3.26. The van der Waals surface area contributed by atoms with Crippen molar-refractivity contribution < 1.29 is 9.57 Å². The third kappa shape index (κ3) is 2.75. The molecule has 0 saturated carbocycles. The predicted molar refractivity (Wildman–Crippen MR) is 95.6 cm³/mol. The van der Waals surface area contributed by atoms with Gasteiger partial charge in [0.15, 0.2) is 0 Å². The quantitative estimate of drug-likeness (QED) is 0.723. The summed E-state index contributed by atoms with van der Waals surface area (Å²) in [7, 11) is 1.67. The molecule has 4 heteroatoms. The fraction of sp³-hybridized carbons (Fsp3) is 0.250. The van der Waals surface area contributed by atoms with Gasteiger partial charge < -0.3 is 14.6 Å². The normalized spacial score (nSPS) is 15.5. The maximum atomic E-state index is 5.61. The van der Waals surface area contributed by atoms with Crippen molar-refractivity contribution in [3.8, 4) is 5.75 Å². The van der Waals surface area contributed by atoms with E-state index in [1.807, 2.05) is 24.3 Å². The number of oxime groups is 1. The van der Waals surface area contributed by atoms with Crippen LogP contribution in [0.15, 0.2) is 53.7 Å². The summed E-state index contributed by atoms with van der Waals surface area (Å²) in [5.41, 5.74) is 5.77. The van der Waals surface area contributed by atoms with E-state index in [2.05, 4.69) is 34.4 Å². The van der Waals surface area contributed by atoms with E-state index in [1.54, 1.807) is 7.11 Å². The van der Waals surface area contributed by atoms with E-state index in [0.717, 1.165) is 42.0 Å². The molecule has 1 N–H and O–H groups in total. The monoisotopic (exact) mass is 320 g/mol. The number of methoxy groups -OCH3 is 1. The minimum atomic E-state index is 0.461. The smallest absolute Gasteiger partial charge is 0.142 e. The number of aryl methyl sites for hydroxylation is 1. The number of aromatic nitrogens is 1. The SMILES string of the molecule is COc1ccc(CON=C2CCCc3c2[nH]c2ccccc32)cc1. The number of fused-ring (bicyclic) bond motifs is 3. The number of hydrogen-bond acceptors (Lipinski definition) is 3. The summed E-state index contributed by atoms with van der Waals surface area (Å²) in [4.78, 5) is 9.12. The molecule has 1 aliphatic carbocycles. The minimum Gasteiger partial charge on any atom is -0.497 e. The van der Waals surface area contributed by atoms with Crippen LogP contribution < -0.4 is 4.74 Å². The van der Waals surface area contributed by atoms with Gasteiger partial charge in [-0.3, -0.25) is 0 Å². The topological polar surface area (TPSA) is 46.6 Å². The Bertz CT molecular complexity index is 878. The minimum absolute atomic E-state index is 0.461. The van der Waals surface area contributed by atoms with Crippen molar-refractivity contribution in [3.05, 3.63) is 65.4 Å². The number of H-pyrrole nitrogens is 1. The molecule has 0 amide bonds. The average Bonchev–Trinajstić information content (AvgIpc) is 3.02. The van der Waals surface area contributed by atoms with Crippen LogP contribution in [0.5, 0.6) is 5.75 Å². The standard InChI is InChI=1S/C20H20N2O2/c1-23-15-11-9-14(10-12-15)13-24-22-19-8-4-6-17-16-5-2-3-7-18(16)21-20(17)19/h2-3,5,7,9-12,21H,4,6,8,13H2,1H3. The highest BCUT2D eigenvalue weighted by molar-refractivity contribution is 6.06. The van der Waals surface area contributed by atoms with E-state index in [1.165, 1.54) is 16.5 Å². The largest absolute Gasteiger partial charge is 0.497 e. The van der Waals surface area contributed by atoms with Crippen molar-refractivity contribution >= 4 is 16.6 Å². The van der Waals surface area contributed by atoms with E-state index >= 15 is 0 Å². The maximum absolute atomic E-state index is 5.61. The summed E-state index contributed by atoms with van der Waals surface area (Å²) < 4.78 is 5.16. The molecule has 0 saturated heterocycles. The lowest BCUT2D eigenvalue weighted by Gasteiger charge is -2.13. The van der Waals surface area contributed by atoms with Crippen LogP contribution in [0.1, 0.15) is 29.7 Å². The van der Waals surface area contributed by atoms with Gasteiger partial charge in [-0.15, -0.1) is 0 Å². The molecule has 24 heavy (non-hydrogen) atoms. The number of hydrogen-bond donors (Lipinski definition) is 1. The number of aromatic amines is 1. The van der Waals surface area contributed by atoms with Crippen molar-refractivity contribution in [1.82, 2.24) is 4.98 Å². The van der Waals surface area contributed by atoms with Crippen LogP contribution in [0.25, 0.3) is 10.9 Å². The first kappa shape index (κ1) is 14.8. The van der Waals surface area contributed by atoms with E-state index in [4.69, 9.17) is 9.57 Å². The van der Waals surface area contributed by atoms with Gasteiger partial charge in [0, 0.05) is 10.9 Å². The highest BCUT2D eigenvalue weighted by atomic mass is 16.6. The van der Waals surface area contributed by atoms with Crippen LogP contribution in [-0.2, 0) is 17.9 Å². The number of nitrogens with zero attached hydrogens (tertiary/aromatic N) is 1. The van der Waals surface area contributed by atoms with Crippen LogP contribution in [-0.4, -0.2) is 17.8 Å². The lowest BCUT2D eigenvalue weighted by molar-refractivity contribution is 0.130. The molecule has 0 radical (unpaired) electrons. The van der Waals surface area contributed by atoms with Gasteiger partial charge in [-0.2, -0.15) is 0 Å². The Morgan fingerprint density at radius 2 is 1.88 bits per heavy atom. The number of benzene rings is 2. The molecule has 122 valence electrons. The number of para-hydroxylation sites is 1. The summed E-state index contributed by atoms with van der Waals surface area (Å²) in [6.45, 7) is 0.461. The van der Waals surface area contributed by atoms with Gasteiger partial charge in [0.05, 0.1) is 12.8 Å². The molecule has 2 aromatic carbocycles. The summed E-state index contributed by atoms with van der Waals surface area (Å²) in [5.74, 6) is 0.847. The summed E-state index contributed by atoms with van der Waals surface area (Å²) in [5, 5.41) is 5.71. The van der Waals surface area contributed by atoms with Crippen LogP contribution in [0.2, 0.25) is 0 Å². The molecular weight excluding hydrogens is 300 g/mol. The highest BCUT2D eigenvalue weighted by Crippen LogP contribution is 2.29. The number of ether oxygens (including phenoxy) is 1. The van der Waals surface area contributed by atoms with Crippen LogP contribution in [0.4, 0.5) is 0 Å². The first-order chi connectivity index (χ1) is 11.8. The second-order valence-electron chi connectivity index (χ2n) is 6.04. The molecule has 0 spiro atoms. The third-order valence-electron chi connectivity index (χ3n) is 4.51. The molecule has 0 aliphatic heterocycles. The molecule has 0 atom stereocenters. The van der Waals surface area contributed by atoms with E-state index in [9.17, 15) is 0 Å². The van der Waals surface area contributed by atoms with Crippen molar-refractivity contribution in [3.63, 3.8) is 0 Å². The Labute approximate surface area is 141 Å². The predicted octanol–water partition coefficient (Wildman–Crippen LogP) is 4.43. The molecular formula is C20H20N2O2. The molecule has 1 heterocycles. The number of rotatable bonds is 4. The summed E-state index contributed by atoms with van der Waals surface area (Å²) in [6.07, 6.45) is 3.15. The van der Waals surface area contributed by atoms with Gasteiger partial charge in [0.1, 0.15) is 18.1 Å². The lowest BCUT2D eigenvalue weighted by Crippen LogP contribution is -2.11. The van der Waals surface area contributed by atoms with Gasteiger partial charge in [0.2, 0.25) is 0 Å². The zero-order valence-electron chi connectivity index (χ0n) is 13.7. The van der Waals surface area contributed by atoms with Crippen molar-refractivity contribution in [2.75, 3.05) is 7.11 Å². The van der Waals surface area contributed by atoms with E-state index < -0.39 is 0 Å². The van der Waals surface area contributed by atoms with Crippen LogP contribution in [0, 0.1) is 0 Å². The molecule has 0 fully saturated rings. The molecule has 4 rings (SSSR count). The van der Waals surface area contributed by atoms with E-state index in [0.29, 0.717) is 6.61 Å². The van der Waals surface area contributed by atoms with Gasteiger partial charge in [0.25, 0.3) is 0 Å². The zero-order chi connectivity index (χ0) is 16.4. The van der Waals surface area contributed by atoms with E-state index in [-0.39, 0.29) is 0 Å². The molecule has 4 nitrogen and oxygen atoms in total. The van der Waals surface area contributed by atoms with Gasteiger partial charge in [-0.1, -0.05) is 35.5 Å². The average molecular weight is 320 g/mol. The third-order valence-corrected chi connectivity index (χ3v) is 4.51. The molecule has 1 aliphatic rings. The van der Waals surface area contributed by atoms with Gasteiger partial charge >= 0.3 is 0 Å². The first-order valence-corrected chi connectivity index (χ1v) is 8.27. The van der Waals surface area contributed by atoms with Crippen LogP contribution >= 0.6 is 0 Å². The van der Waals surface area contributed by atoms with Gasteiger partial charge in [-0.05, 0) is 48.6 Å². The second-order valence-corrected chi connectivity index (χ2v) is 6.04.